The minimum absolute atomic E-state index is 0.651. The number of nitrogens with zero attached hydrogens (tertiary/aromatic N) is 7. The second-order valence-corrected chi connectivity index (χ2v) is 8.34. The molecule has 2 aromatic carbocycles. The van der Waals surface area contributed by atoms with Crippen LogP contribution in [0.2, 0.25) is 0 Å². The van der Waals surface area contributed by atoms with Gasteiger partial charge in [-0.2, -0.15) is 0 Å². The van der Waals surface area contributed by atoms with Gasteiger partial charge in [-0.05, 0) is 40.3 Å². The number of tetrazole rings is 1. The Bertz CT molecular complexity index is 1080. The van der Waals surface area contributed by atoms with E-state index in [1.807, 2.05) is 35.0 Å². The molecule has 0 spiro atoms. The largest absolute Gasteiger partial charge is 0.497 e. The molecular formula is C21H23N7OS. The van der Waals surface area contributed by atoms with Crippen LogP contribution < -0.4 is 9.64 Å². The Morgan fingerprint density at radius 3 is 2.53 bits per heavy atom. The molecule has 30 heavy (non-hydrogen) atoms. The van der Waals surface area contributed by atoms with E-state index in [2.05, 4.69) is 43.5 Å². The maximum absolute atomic E-state index is 5.22. The van der Waals surface area contributed by atoms with E-state index in [4.69, 9.17) is 9.72 Å². The van der Waals surface area contributed by atoms with Gasteiger partial charge in [0, 0.05) is 26.2 Å². The SMILES string of the molecule is COc1ccc(Cn2nnnc2CN2CCN(c3nc4ccccc4s3)CC2)cc1. The predicted octanol–water partition coefficient (Wildman–Crippen LogP) is 2.66. The molecule has 0 aliphatic carbocycles. The average Bonchev–Trinajstić information content (AvgIpc) is 3.42. The number of hydrogen-bond acceptors (Lipinski definition) is 8. The lowest BCUT2D eigenvalue weighted by atomic mass is 10.2. The average molecular weight is 422 g/mol. The van der Waals surface area contributed by atoms with Gasteiger partial charge in [0.2, 0.25) is 0 Å². The molecule has 8 nitrogen and oxygen atoms in total. The van der Waals surface area contributed by atoms with Crippen molar-refractivity contribution in [2.75, 3.05) is 38.2 Å². The van der Waals surface area contributed by atoms with E-state index in [9.17, 15) is 0 Å². The summed E-state index contributed by atoms with van der Waals surface area (Å²) in [6.45, 7) is 5.24. The number of anilines is 1. The molecule has 0 bridgehead atoms. The van der Waals surface area contributed by atoms with Crippen molar-refractivity contribution in [2.24, 2.45) is 0 Å². The standard InChI is InChI=1S/C21H23N7OS/c1-29-17-8-6-16(7-9-17)14-28-20(23-24-25-28)15-26-10-12-27(13-11-26)21-22-18-4-2-3-5-19(18)30-21/h2-9H,10-15H2,1H3. The van der Waals surface area contributed by atoms with E-state index in [-0.39, 0.29) is 0 Å². The van der Waals surface area contributed by atoms with Gasteiger partial charge in [0.15, 0.2) is 11.0 Å². The molecule has 0 atom stereocenters. The zero-order valence-electron chi connectivity index (χ0n) is 16.8. The highest BCUT2D eigenvalue weighted by molar-refractivity contribution is 7.22. The maximum atomic E-state index is 5.22. The number of benzene rings is 2. The molecule has 0 amide bonds. The predicted molar refractivity (Wildman–Crippen MR) is 117 cm³/mol. The monoisotopic (exact) mass is 421 g/mol. The number of para-hydroxylation sites is 1. The smallest absolute Gasteiger partial charge is 0.186 e. The Morgan fingerprint density at radius 1 is 0.967 bits per heavy atom. The van der Waals surface area contributed by atoms with E-state index >= 15 is 0 Å². The third-order valence-electron chi connectivity index (χ3n) is 5.39. The van der Waals surface area contributed by atoms with Crippen LogP contribution in [-0.4, -0.2) is 63.4 Å². The van der Waals surface area contributed by atoms with E-state index in [0.29, 0.717) is 6.54 Å². The molecule has 154 valence electrons. The van der Waals surface area contributed by atoms with Gasteiger partial charge in [0.05, 0.1) is 30.4 Å². The van der Waals surface area contributed by atoms with Crippen molar-refractivity contribution in [3.05, 3.63) is 59.9 Å². The highest BCUT2D eigenvalue weighted by atomic mass is 32.1. The summed E-state index contributed by atoms with van der Waals surface area (Å²) in [5.74, 6) is 1.74. The maximum Gasteiger partial charge on any atom is 0.186 e. The molecule has 4 aromatic rings. The topological polar surface area (TPSA) is 72.2 Å². The molecule has 1 aliphatic heterocycles. The number of piperazine rings is 1. The third kappa shape index (κ3) is 3.99. The van der Waals surface area contributed by atoms with Crippen molar-refractivity contribution in [1.29, 1.82) is 0 Å². The molecule has 3 heterocycles. The normalized spacial score (nSPS) is 15.0. The Balaban J connectivity index is 1.20. The van der Waals surface area contributed by atoms with Gasteiger partial charge in [0.25, 0.3) is 0 Å². The van der Waals surface area contributed by atoms with Crippen LogP contribution in [0, 0.1) is 0 Å². The molecular weight excluding hydrogens is 398 g/mol. The van der Waals surface area contributed by atoms with E-state index < -0.39 is 0 Å². The van der Waals surface area contributed by atoms with Crippen LogP contribution in [0.15, 0.2) is 48.5 Å². The number of methoxy groups -OCH3 is 1. The van der Waals surface area contributed by atoms with Crippen molar-refractivity contribution < 1.29 is 4.74 Å². The van der Waals surface area contributed by atoms with E-state index in [0.717, 1.165) is 60.5 Å². The first-order chi connectivity index (χ1) is 14.8. The van der Waals surface area contributed by atoms with Crippen molar-refractivity contribution in [3.63, 3.8) is 0 Å². The number of aromatic nitrogens is 5. The van der Waals surface area contributed by atoms with Crippen molar-refractivity contribution >= 4 is 26.7 Å². The minimum Gasteiger partial charge on any atom is -0.497 e. The summed E-state index contributed by atoms with van der Waals surface area (Å²) in [5.41, 5.74) is 2.22. The second kappa shape index (κ2) is 8.37. The summed E-state index contributed by atoms with van der Waals surface area (Å²) in [6.07, 6.45) is 0. The van der Waals surface area contributed by atoms with Crippen LogP contribution >= 0.6 is 11.3 Å². The number of hydrogen-bond donors (Lipinski definition) is 0. The molecule has 0 N–H and O–H groups in total. The highest BCUT2D eigenvalue weighted by Crippen LogP contribution is 2.29. The zero-order valence-corrected chi connectivity index (χ0v) is 17.6. The minimum atomic E-state index is 0.651. The summed E-state index contributed by atoms with van der Waals surface area (Å²) in [7, 11) is 1.67. The zero-order chi connectivity index (χ0) is 20.3. The Morgan fingerprint density at radius 2 is 1.77 bits per heavy atom. The number of ether oxygens (including phenoxy) is 1. The molecule has 0 saturated carbocycles. The molecule has 1 aliphatic rings. The first kappa shape index (κ1) is 19.0. The van der Waals surface area contributed by atoms with Crippen LogP contribution in [0.25, 0.3) is 10.2 Å². The molecule has 0 unspecified atom stereocenters. The Hall–Kier alpha value is -3.04. The summed E-state index contributed by atoms with van der Waals surface area (Å²) in [6, 6.07) is 16.3. The molecule has 2 aromatic heterocycles. The molecule has 1 saturated heterocycles. The fourth-order valence-electron chi connectivity index (χ4n) is 3.66. The fraction of sp³-hybridized carbons (Fsp3) is 0.333. The van der Waals surface area contributed by atoms with Gasteiger partial charge in [-0.3, -0.25) is 4.90 Å². The summed E-state index contributed by atoms with van der Waals surface area (Å²) in [5, 5.41) is 13.5. The summed E-state index contributed by atoms with van der Waals surface area (Å²) in [4.78, 5) is 9.57. The van der Waals surface area contributed by atoms with Gasteiger partial charge in [-0.1, -0.05) is 35.6 Å². The van der Waals surface area contributed by atoms with Gasteiger partial charge >= 0.3 is 0 Å². The molecule has 0 radical (unpaired) electrons. The third-order valence-corrected chi connectivity index (χ3v) is 6.49. The lowest BCUT2D eigenvalue weighted by Crippen LogP contribution is -2.46. The van der Waals surface area contributed by atoms with E-state index in [1.165, 1.54) is 4.70 Å². The second-order valence-electron chi connectivity index (χ2n) is 7.33. The first-order valence-corrected chi connectivity index (χ1v) is 10.8. The van der Waals surface area contributed by atoms with Crippen molar-refractivity contribution in [3.8, 4) is 5.75 Å². The molecule has 9 heteroatoms. The summed E-state index contributed by atoms with van der Waals surface area (Å²) < 4.78 is 8.34. The molecule has 1 fully saturated rings. The molecule has 5 rings (SSSR count). The lowest BCUT2D eigenvalue weighted by molar-refractivity contribution is 0.240. The Labute approximate surface area is 178 Å². The number of fused-ring (bicyclic) bond motifs is 1. The van der Waals surface area contributed by atoms with Gasteiger partial charge in [0.1, 0.15) is 5.75 Å². The van der Waals surface area contributed by atoms with Crippen LogP contribution in [0.1, 0.15) is 11.4 Å². The van der Waals surface area contributed by atoms with Crippen LogP contribution in [0.5, 0.6) is 5.75 Å². The van der Waals surface area contributed by atoms with Crippen LogP contribution in [-0.2, 0) is 13.1 Å². The van der Waals surface area contributed by atoms with Crippen LogP contribution in [0.3, 0.4) is 0 Å². The fourth-order valence-corrected chi connectivity index (χ4v) is 4.67. The number of rotatable bonds is 6. The van der Waals surface area contributed by atoms with Gasteiger partial charge in [-0.15, -0.1) is 5.10 Å². The highest BCUT2D eigenvalue weighted by Gasteiger charge is 2.21. The van der Waals surface area contributed by atoms with Gasteiger partial charge in [-0.25, -0.2) is 9.67 Å². The van der Waals surface area contributed by atoms with Crippen LogP contribution in [0.4, 0.5) is 5.13 Å². The Kier molecular flexibility index (Phi) is 5.29. The quantitative estimate of drug-likeness (QED) is 0.474. The van der Waals surface area contributed by atoms with Crippen molar-refractivity contribution in [1.82, 2.24) is 30.1 Å². The van der Waals surface area contributed by atoms with Crippen molar-refractivity contribution in [2.45, 2.75) is 13.1 Å². The number of thiazole rings is 1. The summed E-state index contributed by atoms with van der Waals surface area (Å²) >= 11 is 1.77. The lowest BCUT2D eigenvalue weighted by Gasteiger charge is -2.34. The van der Waals surface area contributed by atoms with Gasteiger partial charge < -0.3 is 9.64 Å². The first-order valence-electron chi connectivity index (χ1n) is 9.99. The van der Waals surface area contributed by atoms with E-state index in [1.54, 1.807) is 18.4 Å².